The van der Waals surface area contributed by atoms with Gasteiger partial charge in [-0.3, -0.25) is 0 Å². The first-order valence-electron chi connectivity index (χ1n) is 6.27. The maximum absolute atomic E-state index is 13.8. The molecule has 110 valence electrons. The van der Waals surface area contributed by atoms with Crippen LogP contribution in [0.4, 0.5) is 21.5 Å². The second-order valence-corrected chi connectivity index (χ2v) is 5.44. The van der Waals surface area contributed by atoms with Crippen molar-refractivity contribution >= 4 is 46.0 Å². The number of nitrogens with one attached hydrogen (secondary N) is 2. The van der Waals surface area contributed by atoms with Crippen molar-refractivity contribution in [2.75, 3.05) is 29.6 Å². The molecule has 6 heteroatoms. The van der Waals surface area contributed by atoms with Crippen molar-refractivity contribution in [1.29, 1.82) is 0 Å². The number of benzene rings is 2. The van der Waals surface area contributed by atoms with E-state index in [0.717, 1.165) is 11.4 Å². The Hall–Kier alpha value is -1.85. The second-order valence-electron chi connectivity index (χ2n) is 4.62. The van der Waals surface area contributed by atoms with E-state index >= 15 is 0 Å². The van der Waals surface area contributed by atoms with Crippen molar-refractivity contribution in [2.24, 2.45) is 0 Å². The van der Waals surface area contributed by atoms with Gasteiger partial charge in [0.1, 0.15) is 0 Å². The summed E-state index contributed by atoms with van der Waals surface area (Å²) in [7, 11) is 3.94. The summed E-state index contributed by atoms with van der Waals surface area (Å²) in [6.45, 7) is 0. The summed E-state index contributed by atoms with van der Waals surface area (Å²) in [6.07, 6.45) is 0. The van der Waals surface area contributed by atoms with Crippen LogP contribution in [-0.4, -0.2) is 19.2 Å². The normalized spacial score (nSPS) is 10.1. The van der Waals surface area contributed by atoms with E-state index in [9.17, 15) is 4.39 Å². The molecule has 0 amide bonds. The van der Waals surface area contributed by atoms with Crippen molar-refractivity contribution in [3.63, 3.8) is 0 Å². The number of halogens is 2. The fourth-order valence-electron chi connectivity index (χ4n) is 1.73. The number of nitrogens with zero attached hydrogens (tertiary/aromatic N) is 1. The molecule has 0 aliphatic heterocycles. The molecule has 3 nitrogen and oxygen atoms in total. The molecule has 0 bridgehead atoms. The molecule has 0 saturated carbocycles. The van der Waals surface area contributed by atoms with Gasteiger partial charge in [-0.15, -0.1) is 0 Å². The van der Waals surface area contributed by atoms with Gasteiger partial charge >= 0.3 is 0 Å². The Morgan fingerprint density at radius 2 is 1.76 bits per heavy atom. The monoisotopic (exact) mass is 323 g/mol. The average molecular weight is 324 g/mol. The highest BCUT2D eigenvalue weighted by Gasteiger charge is 2.07. The third-order valence-electron chi connectivity index (χ3n) is 2.84. The van der Waals surface area contributed by atoms with E-state index in [1.807, 2.05) is 43.3 Å². The van der Waals surface area contributed by atoms with E-state index in [-0.39, 0.29) is 10.7 Å². The number of hydrogen-bond donors (Lipinski definition) is 2. The van der Waals surface area contributed by atoms with Crippen molar-refractivity contribution in [2.45, 2.75) is 0 Å². The number of rotatable bonds is 3. The summed E-state index contributed by atoms with van der Waals surface area (Å²) in [5.74, 6) is -0.522. The zero-order chi connectivity index (χ0) is 15.4. The van der Waals surface area contributed by atoms with Crippen LogP contribution in [-0.2, 0) is 0 Å². The molecule has 21 heavy (non-hydrogen) atoms. The van der Waals surface area contributed by atoms with E-state index in [1.54, 1.807) is 12.1 Å². The average Bonchev–Trinajstić information content (AvgIpc) is 2.44. The van der Waals surface area contributed by atoms with Gasteiger partial charge in [0, 0.05) is 25.5 Å². The molecule has 0 atom stereocenters. The fourth-order valence-corrected chi connectivity index (χ4v) is 2.13. The van der Waals surface area contributed by atoms with Gasteiger partial charge in [-0.25, -0.2) is 4.39 Å². The van der Waals surface area contributed by atoms with Gasteiger partial charge in [0.15, 0.2) is 10.9 Å². The highest BCUT2D eigenvalue weighted by Crippen LogP contribution is 2.22. The van der Waals surface area contributed by atoms with Crippen LogP contribution in [0, 0.1) is 5.82 Å². The van der Waals surface area contributed by atoms with Crippen molar-refractivity contribution < 1.29 is 4.39 Å². The minimum atomic E-state index is -0.522. The SMILES string of the molecule is CN(C)c1ccc(NC(=S)Nc2cccc(Cl)c2F)cc1. The number of thiocarbonyl (C=S) groups is 1. The summed E-state index contributed by atoms with van der Waals surface area (Å²) in [6, 6.07) is 12.4. The van der Waals surface area contributed by atoms with Crippen LogP contribution in [0.15, 0.2) is 42.5 Å². The lowest BCUT2D eigenvalue weighted by atomic mass is 10.2. The highest BCUT2D eigenvalue weighted by molar-refractivity contribution is 7.80. The largest absolute Gasteiger partial charge is 0.378 e. The first-order chi connectivity index (χ1) is 9.97. The summed E-state index contributed by atoms with van der Waals surface area (Å²) in [5, 5.41) is 6.14. The quantitative estimate of drug-likeness (QED) is 0.821. The smallest absolute Gasteiger partial charge is 0.175 e. The lowest BCUT2D eigenvalue weighted by Gasteiger charge is -2.14. The molecule has 2 aromatic rings. The molecule has 0 spiro atoms. The Morgan fingerprint density at radius 1 is 1.10 bits per heavy atom. The van der Waals surface area contributed by atoms with Gasteiger partial charge in [-0.05, 0) is 48.6 Å². The lowest BCUT2D eigenvalue weighted by Crippen LogP contribution is -2.20. The summed E-state index contributed by atoms with van der Waals surface area (Å²) >= 11 is 10.9. The lowest BCUT2D eigenvalue weighted by molar-refractivity contribution is 0.632. The molecule has 2 N–H and O–H groups in total. The van der Waals surface area contributed by atoms with Crippen molar-refractivity contribution in [3.8, 4) is 0 Å². The topological polar surface area (TPSA) is 27.3 Å². The van der Waals surface area contributed by atoms with Crippen molar-refractivity contribution in [1.82, 2.24) is 0 Å². The zero-order valence-corrected chi connectivity index (χ0v) is 13.2. The van der Waals surface area contributed by atoms with Crippen LogP contribution in [0.3, 0.4) is 0 Å². The van der Waals surface area contributed by atoms with E-state index in [1.165, 1.54) is 6.07 Å². The number of hydrogen-bond acceptors (Lipinski definition) is 2. The first kappa shape index (κ1) is 15.5. The van der Waals surface area contributed by atoms with Gasteiger partial charge in [-0.2, -0.15) is 0 Å². The highest BCUT2D eigenvalue weighted by atomic mass is 35.5. The maximum atomic E-state index is 13.8. The van der Waals surface area contributed by atoms with Crippen LogP contribution in [0.2, 0.25) is 5.02 Å². The standard InChI is InChI=1S/C15H15ClFN3S/c1-20(2)11-8-6-10(7-9-11)18-15(21)19-13-5-3-4-12(16)14(13)17/h3-9H,1-2H3,(H2,18,19,21). The van der Waals surface area contributed by atoms with E-state index in [0.29, 0.717) is 5.11 Å². The molecule has 2 aromatic carbocycles. The molecule has 0 fully saturated rings. The summed E-state index contributed by atoms with van der Waals surface area (Å²) in [5.41, 5.74) is 2.14. The van der Waals surface area contributed by atoms with E-state index < -0.39 is 5.82 Å². The van der Waals surface area contributed by atoms with Gasteiger partial charge in [-0.1, -0.05) is 17.7 Å². The Labute approximate surface area is 133 Å². The molecule has 0 unspecified atom stereocenters. The molecule has 0 heterocycles. The van der Waals surface area contributed by atoms with E-state index in [2.05, 4.69) is 10.6 Å². The van der Waals surface area contributed by atoms with Gasteiger partial charge in [0.2, 0.25) is 0 Å². The molecule has 0 aliphatic rings. The second kappa shape index (κ2) is 6.74. The fraction of sp³-hybridized carbons (Fsp3) is 0.133. The third-order valence-corrected chi connectivity index (χ3v) is 3.34. The predicted octanol–water partition coefficient (Wildman–Crippen LogP) is 4.35. The van der Waals surface area contributed by atoms with Crippen LogP contribution in [0.5, 0.6) is 0 Å². The molecule has 0 aromatic heterocycles. The van der Waals surface area contributed by atoms with Gasteiger partial charge < -0.3 is 15.5 Å². The first-order valence-corrected chi connectivity index (χ1v) is 7.05. The maximum Gasteiger partial charge on any atom is 0.175 e. The number of anilines is 3. The minimum absolute atomic E-state index is 0.0538. The van der Waals surface area contributed by atoms with Crippen LogP contribution >= 0.6 is 23.8 Å². The van der Waals surface area contributed by atoms with E-state index in [4.69, 9.17) is 23.8 Å². The molecule has 0 aliphatic carbocycles. The summed E-state index contributed by atoms with van der Waals surface area (Å²) in [4.78, 5) is 2.00. The Balaban J connectivity index is 2.03. The Morgan fingerprint density at radius 3 is 2.38 bits per heavy atom. The molecule has 2 rings (SSSR count). The third kappa shape index (κ3) is 4.06. The predicted molar refractivity (Wildman–Crippen MR) is 92.0 cm³/mol. The van der Waals surface area contributed by atoms with Crippen LogP contribution < -0.4 is 15.5 Å². The van der Waals surface area contributed by atoms with Crippen LogP contribution in [0.1, 0.15) is 0 Å². The molecular formula is C15H15ClFN3S. The zero-order valence-electron chi connectivity index (χ0n) is 11.7. The molecule has 0 saturated heterocycles. The molecule has 0 radical (unpaired) electrons. The molecular weight excluding hydrogens is 309 g/mol. The Bertz CT molecular complexity index is 644. The van der Waals surface area contributed by atoms with Gasteiger partial charge in [0.05, 0.1) is 10.7 Å². The summed E-state index contributed by atoms with van der Waals surface area (Å²) < 4.78 is 13.8. The van der Waals surface area contributed by atoms with Gasteiger partial charge in [0.25, 0.3) is 0 Å². The Kier molecular flexibility index (Phi) is 4.98. The van der Waals surface area contributed by atoms with Crippen molar-refractivity contribution in [3.05, 3.63) is 53.3 Å². The van der Waals surface area contributed by atoms with Crippen LogP contribution in [0.25, 0.3) is 0 Å². The minimum Gasteiger partial charge on any atom is -0.378 e.